The van der Waals surface area contributed by atoms with Crippen molar-refractivity contribution < 1.29 is 0 Å². The van der Waals surface area contributed by atoms with Crippen LogP contribution in [0, 0.1) is 6.92 Å². The molecule has 4 heteroatoms. The predicted molar refractivity (Wildman–Crippen MR) is 55.3 cm³/mol. The molecule has 0 amide bonds. The van der Waals surface area contributed by atoms with Crippen LogP contribution in [0.5, 0.6) is 0 Å². The summed E-state index contributed by atoms with van der Waals surface area (Å²) in [6.07, 6.45) is 4.79. The molecule has 0 unspecified atom stereocenters. The number of rotatable bonds is 5. The number of nitrogens with one attached hydrogen (secondary N) is 1. The van der Waals surface area contributed by atoms with E-state index in [0.29, 0.717) is 6.04 Å². The van der Waals surface area contributed by atoms with Crippen LogP contribution in [0.25, 0.3) is 0 Å². The van der Waals surface area contributed by atoms with Gasteiger partial charge in [0, 0.05) is 12.5 Å². The number of hydrogen-bond acceptors (Lipinski definition) is 3. The van der Waals surface area contributed by atoms with Crippen molar-refractivity contribution in [1.82, 2.24) is 20.1 Å². The molecule has 1 N–H and O–H groups in total. The first-order valence-corrected chi connectivity index (χ1v) is 5.38. The molecule has 0 spiro atoms. The summed E-state index contributed by atoms with van der Waals surface area (Å²) in [6.45, 7) is 3.10. The van der Waals surface area contributed by atoms with Crippen LogP contribution < -0.4 is 5.32 Å². The largest absolute Gasteiger partial charge is 0.320 e. The highest BCUT2D eigenvalue weighted by Gasteiger charge is 2.27. The van der Waals surface area contributed by atoms with Crippen LogP contribution in [0.3, 0.4) is 0 Å². The van der Waals surface area contributed by atoms with Crippen molar-refractivity contribution in [1.29, 1.82) is 0 Å². The fourth-order valence-electron chi connectivity index (χ4n) is 1.81. The Morgan fingerprint density at radius 2 is 2.21 bits per heavy atom. The molecule has 0 atom stereocenters. The zero-order valence-electron chi connectivity index (χ0n) is 8.95. The summed E-state index contributed by atoms with van der Waals surface area (Å²) in [6, 6.07) is 0.703. The second kappa shape index (κ2) is 4.09. The fourth-order valence-corrected chi connectivity index (χ4v) is 1.81. The van der Waals surface area contributed by atoms with Gasteiger partial charge in [0.15, 0.2) is 0 Å². The van der Waals surface area contributed by atoms with E-state index in [0.717, 1.165) is 25.2 Å². The van der Waals surface area contributed by atoms with Crippen LogP contribution in [0.15, 0.2) is 0 Å². The third-order valence-electron chi connectivity index (χ3n) is 2.68. The van der Waals surface area contributed by atoms with E-state index in [4.69, 9.17) is 0 Å². The lowest BCUT2D eigenvalue weighted by atomic mass is 10.3. The lowest BCUT2D eigenvalue weighted by Crippen LogP contribution is -2.11. The average Bonchev–Trinajstić information content (AvgIpc) is 2.93. The second-order valence-electron chi connectivity index (χ2n) is 3.97. The molecule has 4 nitrogen and oxygen atoms in total. The zero-order valence-corrected chi connectivity index (χ0v) is 8.95. The molecule has 0 bridgehead atoms. The summed E-state index contributed by atoms with van der Waals surface area (Å²) in [5, 5.41) is 11.5. The molecule has 1 aromatic heterocycles. The highest BCUT2D eigenvalue weighted by atomic mass is 15.3. The van der Waals surface area contributed by atoms with Crippen molar-refractivity contribution in [2.75, 3.05) is 13.6 Å². The topological polar surface area (TPSA) is 42.7 Å². The Morgan fingerprint density at radius 3 is 2.86 bits per heavy atom. The van der Waals surface area contributed by atoms with E-state index < -0.39 is 0 Å². The van der Waals surface area contributed by atoms with Crippen LogP contribution in [0.4, 0.5) is 0 Å². The molecule has 1 saturated carbocycles. The Balaban J connectivity index is 2.01. The van der Waals surface area contributed by atoms with Crippen LogP contribution in [0.2, 0.25) is 0 Å². The van der Waals surface area contributed by atoms with Gasteiger partial charge in [-0.25, -0.2) is 0 Å². The summed E-state index contributed by atoms with van der Waals surface area (Å²) in [7, 11) is 1.98. The van der Waals surface area contributed by atoms with Crippen LogP contribution in [-0.2, 0) is 6.42 Å². The molecular formula is C10H18N4. The number of aryl methyl sites for hydroxylation is 2. The molecule has 1 aliphatic rings. The van der Waals surface area contributed by atoms with Crippen LogP contribution in [0.1, 0.15) is 37.0 Å². The molecule has 2 rings (SSSR count). The molecule has 1 aromatic rings. The van der Waals surface area contributed by atoms with Crippen molar-refractivity contribution in [3.63, 3.8) is 0 Å². The molecule has 1 heterocycles. The molecule has 1 fully saturated rings. The van der Waals surface area contributed by atoms with Gasteiger partial charge in [-0.1, -0.05) is 0 Å². The number of aromatic nitrogens is 3. The van der Waals surface area contributed by atoms with E-state index in [9.17, 15) is 0 Å². The quantitative estimate of drug-likeness (QED) is 0.713. The maximum Gasteiger partial charge on any atom is 0.133 e. The van der Waals surface area contributed by atoms with Gasteiger partial charge in [-0.3, -0.25) is 0 Å². The SMILES string of the molecule is CNCCCc1nnc(C)n1C1CC1. The minimum absolute atomic E-state index is 0.703. The second-order valence-corrected chi connectivity index (χ2v) is 3.97. The molecule has 1 aliphatic carbocycles. The summed E-state index contributed by atoms with van der Waals surface area (Å²) in [5.41, 5.74) is 0. The van der Waals surface area contributed by atoms with Gasteiger partial charge in [0.1, 0.15) is 11.6 Å². The average molecular weight is 194 g/mol. The molecule has 0 saturated heterocycles. The van der Waals surface area contributed by atoms with Gasteiger partial charge in [0.2, 0.25) is 0 Å². The molecule has 0 aliphatic heterocycles. The van der Waals surface area contributed by atoms with E-state index >= 15 is 0 Å². The summed E-state index contributed by atoms with van der Waals surface area (Å²) in [4.78, 5) is 0. The van der Waals surface area contributed by atoms with Crippen LogP contribution >= 0.6 is 0 Å². The maximum atomic E-state index is 4.23. The minimum Gasteiger partial charge on any atom is -0.320 e. The van der Waals surface area contributed by atoms with Crippen molar-refractivity contribution in [3.05, 3.63) is 11.6 Å². The lowest BCUT2D eigenvalue weighted by molar-refractivity contribution is 0.628. The maximum absolute atomic E-state index is 4.23. The van der Waals surface area contributed by atoms with Crippen molar-refractivity contribution in [2.45, 2.75) is 38.6 Å². The van der Waals surface area contributed by atoms with Gasteiger partial charge in [-0.05, 0) is 39.8 Å². The Morgan fingerprint density at radius 1 is 1.43 bits per heavy atom. The standard InChI is InChI=1S/C10H18N4/c1-8-12-13-10(4-3-7-11-2)14(8)9-5-6-9/h9,11H,3-7H2,1-2H3. The van der Waals surface area contributed by atoms with E-state index in [1.54, 1.807) is 0 Å². The van der Waals surface area contributed by atoms with Gasteiger partial charge >= 0.3 is 0 Å². The summed E-state index contributed by atoms with van der Waals surface area (Å²) < 4.78 is 2.32. The lowest BCUT2D eigenvalue weighted by Gasteiger charge is -2.06. The van der Waals surface area contributed by atoms with Gasteiger partial charge in [-0.15, -0.1) is 10.2 Å². The van der Waals surface area contributed by atoms with Gasteiger partial charge in [0.25, 0.3) is 0 Å². The third kappa shape index (κ3) is 1.95. The number of hydrogen-bond donors (Lipinski definition) is 1. The molecule has 14 heavy (non-hydrogen) atoms. The number of nitrogens with zero attached hydrogens (tertiary/aromatic N) is 3. The van der Waals surface area contributed by atoms with Gasteiger partial charge in [-0.2, -0.15) is 0 Å². The Kier molecular flexibility index (Phi) is 2.82. The Bertz CT molecular complexity index is 301. The third-order valence-corrected chi connectivity index (χ3v) is 2.68. The fraction of sp³-hybridized carbons (Fsp3) is 0.800. The van der Waals surface area contributed by atoms with Crippen LogP contribution in [-0.4, -0.2) is 28.4 Å². The molecular weight excluding hydrogens is 176 g/mol. The van der Waals surface area contributed by atoms with Crippen molar-refractivity contribution in [3.8, 4) is 0 Å². The Labute approximate surface area is 84.7 Å². The van der Waals surface area contributed by atoms with E-state index in [2.05, 4.69) is 20.1 Å². The molecule has 0 aromatic carbocycles. The van der Waals surface area contributed by atoms with Gasteiger partial charge in [0.05, 0.1) is 0 Å². The van der Waals surface area contributed by atoms with Crippen molar-refractivity contribution in [2.24, 2.45) is 0 Å². The Hall–Kier alpha value is -0.900. The normalized spacial score (nSPS) is 16.1. The highest BCUT2D eigenvalue weighted by Crippen LogP contribution is 2.36. The monoisotopic (exact) mass is 194 g/mol. The van der Waals surface area contributed by atoms with Gasteiger partial charge < -0.3 is 9.88 Å². The minimum atomic E-state index is 0.703. The smallest absolute Gasteiger partial charge is 0.133 e. The highest BCUT2D eigenvalue weighted by molar-refractivity contribution is 5.01. The molecule has 0 radical (unpaired) electrons. The van der Waals surface area contributed by atoms with E-state index in [-0.39, 0.29) is 0 Å². The first kappa shape index (κ1) is 9.65. The molecule has 78 valence electrons. The van der Waals surface area contributed by atoms with Crippen molar-refractivity contribution >= 4 is 0 Å². The zero-order chi connectivity index (χ0) is 9.97. The summed E-state index contributed by atoms with van der Waals surface area (Å²) in [5.74, 6) is 2.24. The predicted octanol–water partition coefficient (Wildman–Crippen LogP) is 1.07. The first-order valence-electron chi connectivity index (χ1n) is 5.38. The van der Waals surface area contributed by atoms with E-state index in [1.165, 1.54) is 18.7 Å². The summed E-state index contributed by atoms with van der Waals surface area (Å²) >= 11 is 0. The van der Waals surface area contributed by atoms with E-state index in [1.807, 2.05) is 14.0 Å². The first-order chi connectivity index (χ1) is 6.83.